The summed E-state index contributed by atoms with van der Waals surface area (Å²) in [5, 5.41) is 11.7. The van der Waals surface area contributed by atoms with Gasteiger partial charge in [0, 0.05) is 35.4 Å². The summed E-state index contributed by atoms with van der Waals surface area (Å²) in [5.41, 5.74) is -0.418. The Labute approximate surface area is 233 Å². The highest BCUT2D eigenvalue weighted by molar-refractivity contribution is 7.18. The molecule has 0 saturated carbocycles. The van der Waals surface area contributed by atoms with Crippen molar-refractivity contribution in [1.82, 2.24) is 4.98 Å². The monoisotopic (exact) mass is 578 g/mol. The number of carbonyl (C=O) groups is 2. The average molecular weight is 579 g/mol. The molecule has 1 unspecified atom stereocenters. The number of methoxy groups -OCH3 is 3. The highest BCUT2D eigenvalue weighted by Gasteiger charge is 2.24. The number of aliphatic carboxylic acids is 1. The van der Waals surface area contributed by atoms with Crippen LogP contribution in [0.1, 0.15) is 60.2 Å². The fraction of sp³-hybridized carbons (Fsp3) is 0.321. The molecule has 0 aliphatic carbocycles. The number of hydrogen-bond acceptors (Lipinski definition) is 7. The second-order valence-corrected chi connectivity index (χ2v) is 9.58. The van der Waals surface area contributed by atoms with Crippen molar-refractivity contribution >= 4 is 34.4 Å². The predicted molar refractivity (Wildman–Crippen MR) is 145 cm³/mol. The van der Waals surface area contributed by atoms with E-state index in [2.05, 4.69) is 22.0 Å². The van der Waals surface area contributed by atoms with Crippen molar-refractivity contribution in [2.75, 3.05) is 26.6 Å². The zero-order valence-electron chi connectivity index (χ0n) is 22.3. The SMILES string of the molecule is CCCCCC(OC)c1cccc(-c2nc(NC(=O)c3cc(F)c(/C=C(\OC)C(=O)O)c(F)c3)sc2OC)c1F. The van der Waals surface area contributed by atoms with Gasteiger partial charge in [0.05, 0.1) is 20.3 Å². The number of benzene rings is 2. The second kappa shape index (κ2) is 13.9. The minimum Gasteiger partial charge on any atom is -0.490 e. The summed E-state index contributed by atoms with van der Waals surface area (Å²) in [4.78, 5) is 28.2. The average Bonchev–Trinajstić information content (AvgIpc) is 3.33. The summed E-state index contributed by atoms with van der Waals surface area (Å²) in [5.74, 6) is -5.99. The second-order valence-electron chi connectivity index (χ2n) is 8.61. The van der Waals surface area contributed by atoms with Gasteiger partial charge in [-0.05, 0) is 24.6 Å². The summed E-state index contributed by atoms with van der Waals surface area (Å²) in [6, 6.07) is 6.35. The van der Waals surface area contributed by atoms with Crippen LogP contribution in [0, 0.1) is 17.5 Å². The fourth-order valence-electron chi connectivity index (χ4n) is 3.99. The summed E-state index contributed by atoms with van der Waals surface area (Å²) in [6.45, 7) is 2.08. The first-order valence-corrected chi connectivity index (χ1v) is 13.1. The Hall–Kier alpha value is -3.90. The Balaban J connectivity index is 1.90. The number of unbranched alkanes of at least 4 members (excludes halogenated alkanes) is 2. The van der Waals surface area contributed by atoms with E-state index in [1.807, 2.05) is 0 Å². The van der Waals surface area contributed by atoms with E-state index in [1.165, 1.54) is 20.3 Å². The van der Waals surface area contributed by atoms with E-state index in [-0.39, 0.29) is 27.0 Å². The number of carboxylic acid groups (broad SMARTS) is 1. The van der Waals surface area contributed by atoms with Crippen molar-refractivity contribution in [1.29, 1.82) is 0 Å². The number of rotatable bonds is 13. The van der Waals surface area contributed by atoms with Gasteiger partial charge in [0.1, 0.15) is 23.1 Å². The van der Waals surface area contributed by atoms with Gasteiger partial charge in [0.25, 0.3) is 5.91 Å². The molecule has 1 atom stereocenters. The minimum absolute atomic E-state index is 0.00484. The van der Waals surface area contributed by atoms with Crippen molar-refractivity contribution in [2.45, 2.75) is 38.7 Å². The normalized spacial score (nSPS) is 12.2. The van der Waals surface area contributed by atoms with Crippen LogP contribution in [-0.2, 0) is 14.3 Å². The topological polar surface area (TPSA) is 107 Å². The number of anilines is 1. The predicted octanol–water partition coefficient (Wildman–Crippen LogP) is 6.83. The molecule has 0 saturated heterocycles. The van der Waals surface area contributed by atoms with E-state index in [1.54, 1.807) is 12.1 Å². The quantitative estimate of drug-likeness (QED) is 0.130. The summed E-state index contributed by atoms with van der Waals surface area (Å²) < 4.78 is 60.3. The summed E-state index contributed by atoms with van der Waals surface area (Å²) in [6.07, 6.45) is 3.75. The molecule has 0 bridgehead atoms. The zero-order valence-corrected chi connectivity index (χ0v) is 23.2. The van der Waals surface area contributed by atoms with E-state index in [9.17, 15) is 18.4 Å². The van der Waals surface area contributed by atoms with E-state index in [0.29, 0.717) is 18.1 Å². The van der Waals surface area contributed by atoms with Gasteiger partial charge in [-0.15, -0.1) is 0 Å². The number of nitrogens with zero attached hydrogens (tertiary/aromatic N) is 1. The van der Waals surface area contributed by atoms with Gasteiger partial charge < -0.3 is 19.3 Å². The molecule has 8 nitrogen and oxygen atoms in total. The molecule has 0 fully saturated rings. The Morgan fingerprint density at radius 1 is 1.12 bits per heavy atom. The molecule has 1 aromatic heterocycles. The lowest BCUT2D eigenvalue weighted by atomic mass is 9.99. The largest absolute Gasteiger partial charge is 0.490 e. The summed E-state index contributed by atoms with van der Waals surface area (Å²) in [7, 11) is 3.94. The third-order valence-corrected chi connectivity index (χ3v) is 6.97. The van der Waals surface area contributed by atoms with Gasteiger partial charge in [0.2, 0.25) is 10.8 Å². The number of amides is 1. The third-order valence-electron chi connectivity index (χ3n) is 6.03. The Bertz CT molecular complexity index is 1390. The van der Waals surface area contributed by atoms with Crippen LogP contribution in [0.5, 0.6) is 5.06 Å². The molecule has 0 radical (unpaired) electrons. The molecular weight excluding hydrogens is 549 g/mol. The first kappa shape index (κ1) is 30.6. The number of thiazole rings is 1. The zero-order chi connectivity index (χ0) is 29.4. The van der Waals surface area contributed by atoms with E-state index in [4.69, 9.17) is 14.6 Å². The first-order chi connectivity index (χ1) is 19.1. The molecule has 0 aliphatic rings. The third kappa shape index (κ3) is 6.99. The van der Waals surface area contributed by atoms with Gasteiger partial charge in [-0.1, -0.05) is 49.7 Å². The van der Waals surface area contributed by atoms with Crippen molar-refractivity contribution in [3.05, 3.63) is 70.2 Å². The molecule has 3 rings (SSSR count). The number of ether oxygens (including phenoxy) is 3. The maximum atomic E-state index is 15.7. The van der Waals surface area contributed by atoms with E-state index in [0.717, 1.165) is 49.8 Å². The number of aromatic nitrogens is 1. The molecule has 3 aromatic rings. The number of carboxylic acids is 1. The van der Waals surface area contributed by atoms with Gasteiger partial charge in [-0.2, -0.15) is 0 Å². The lowest BCUT2D eigenvalue weighted by Crippen LogP contribution is -2.13. The summed E-state index contributed by atoms with van der Waals surface area (Å²) >= 11 is 0.907. The molecule has 1 amide bonds. The molecule has 12 heteroatoms. The maximum Gasteiger partial charge on any atom is 0.371 e. The molecular formula is C28H29F3N2O6S. The molecule has 40 heavy (non-hydrogen) atoms. The fourth-order valence-corrected chi connectivity index (χ4v) is 4.78. The number of hydrogen-bond donors (Lipinski definition) is 2. The van der Waals surface area contributed by atoms with Crippen molar-refractivity contribution in [2.24, 2.45) is 0 Å². The lowest BCUT2D eigenvalue weighted by molar-refractivity contribution is -0.135. The Morgan fingerprint density at radius 2 is 1.82 bits per heavy atom. The van der Waals surface area contributed by atoms with Gasteiger partial charge in [-0.25, -0.2) is 22.9 Å². The van der Waals surface area contributed by atoms with Gasteiger partial charge >= 0.3 is 5.97 Å². The molecule has 214 valence electrons. The molecule has 2 aromatic carbocycles. The van der Waals surface area contributed by atoms with Crippen LogP contribution in [0.4, 0.5) is 18.3 Å². The van der Waals surface area contributed by atoms with Crippen LogP contribution in [-0.4, -0.2) is 43.3 Å². The molecule has 2 N–H and O–H groups in total. The van der Waals surface area contributed by atoms with Gasteiger partial charge in [0.15, 0.2) is 5.13 Å². The standard InChI is InChI=1S/C28H29F3N2O6S/c1-5-6-7-11-21(37-2)16-9-8-10-17(23(16)31)24-27(39-4)40-28(32-24)33-25(34)15-12-19(29)18(20(30)13-15)14-22(38-3)26(35)36/h8-10,12-14,21H,5-7,11H2,1-4H3,(H,35,36)(H,32,33,34)/b22-14-. The first-order valence-electron chi connectivity index (χ1n) is 12.3. The maximum absolute atomic E-state index is 15.7. The number of halogens is 3. The van der Waals surface area contributed by atoms with Crippen LogP contribution in [0.3, 0.4) is 0 Å². The van der Waals surface area contributed by atoms with Gasteiger partial charge in [-0.3, -0.25) is 10.1 Å². The Kier molecular flexibility index (Phi) is 10.7. The highest BCUT2D eigenvalue weighted by atomic mass is 32.1. The van der Waals surface area contributed by atoms with E-state index < -0.39 is 46.8 Å². The van der Waals surface area contributed by atoms with E-state index >= 15 is 4.39 Å². The smallest absolute Gasteiger partial charge is 0.371 e. The number of carbonyl (C=O) groups excluding carboxylic acids is 1. The molecule has 0 aliphatic heterocycles. The lowest BCUT2D eigenvalue weighted by Gasteiger charge is -2.17. The Morgan fingerprint density at radius 3 is 2.40 bits per heavy atom. The minimum atomic E-state index is -1.52. The van der Waals surface area contributed by atoms with Crippen molar-refractivity contribution in [3.63, 3.8) is 0 Å². The van der Waals surface area contributed by atoms with Crippen molar-refractivity contribution in [3.8, 4) is 16.3 Å². The number of nitrogens with one attached hydrogen (secondary N) is 1. The molecule has 0 spiro atoms. The van der Waals surface area contributed by atoms with Crippen LogP contribution in [0.25, 0.3) is 17.3 Å². The highest BCUT2D eigenvalue weighted by Crippen LogP contribution is 2.41. The van der Waals surface area contributed by atoms with Crippen LogP contribution < -0.4 is 10.1 Å². The van der Waals surface area contributed by atoms with Crippen LogP contribution >= 0.6 is 11.3 Å². The molecule has 1 heterocycles. The van der Waals surface area contributed by atoms with Crippen LogP contribution in [0.2, 0.25) is 0 Å². The van der Waals surface area contributed by atoms with Crippen molar-refractivity contribution < 1.29 is 42.1 Å². The van der Waals surface area contributed by atoms with Crippen LogP contribution in [0.15, 0.2) is 36.1 Å².